The van der Waals surface area contributed by atoms with Crippen molar-refractivity contribution in [2.75, 3.05) is 7.11 Å². The average molecular weight is 227 g/mol. The topological polar surface area (TPSA) is 55.4 Å². The number of amides is 1. The highest BCUT2D eigenvalue weighted by Crippen LogP contribution is 2.42. The number of methoxy groups -OCH3 is 1. The van der Waals surface area contributed by atoms with Crippen molar-refractivity contribution in [3.63, 3.8) is 0 Å². The number of carbonyl (C=O) groups excluding carboxylic acids is 2. The van der Waals surface area contributed by atoms with Gasteiger partial charge < -0.3 is 14.8 Å². The highest BCUT2D eigenvalue weighted by molar-refractivity contribution is 5.83. The van der Waals surface area contributed by atoms with Crippen LogP contribution in [0.2, 0.25) is 0 Å². The zero-order chi connectivity index (χ0) is 12.3. The number of Topliss-reactive ketones (excluding diaryl/α,β-unsaturated/α-hetero) is 1. The normalized spacial score (nSPS) is 27.0. The Hall–Kier alpha value is -0.900. The first-order valence-electron chi connectivity index (χ1n) is 5.69. The second kappa shape index (κ2) is 4.95. The SMILES string of the molecule is COC1CC(NC(=O)CCC(C)=O)C1(C)C. The minimum Gasteiger partial charge on any atom is -0.381 e. The summed E-state index contributed by atoms with van der Waals surface area (Å²) in [4.78, 5) is 22.3. The molecule has 0 aromatic carbocycles. The maximum atomic E-state index is 11.5. The van der Waals surface area contributed by atoms with E-state index in [1.165, 1.54) is 6.92 Å². The number of hydrogen-bond donors (Lipinski definition) is 1. The van der Waals surface area contributed by atoms with Gasteiger partial charge in [0.2, 0.25) is 5.91 Å². The van der Waals surface area contributed by atoms with Gasteiger partial charge in [-0.25, -0.2) is 0 Å². The van der Waals surface area contributed by atoms with Crippen LogP contribution in [0.3, 0.4) is 0 Å². The third-order valence-electron chi connectivity index (χ3n) is 3.50. The van der Waals surface area contributed by atoms with Crippen LogP contribution in [0.4, 0.5) is 0 Å². The van der Waals surface area contributed by atoms with E-state index in [0.29, 0.717) is 12.8 Å². The second-order valence-electron chi connectivity index (χ2n) is 5.10. The van der Waals surface area contributed by atoms with Crippen molar-refractivity contribution in [1.29, 1.82) is 0 Å². The van der Waals surface area contributed by atoms with Gasteiger partial charge in [0.15, 0.2) is 0 Å². The van der Waals surface area contributed by atoms with Crippen LogP contribution in [0.15, 0.2) is 0 Å². The van der Waals surface area contributed by atoms with Crippen LogP contribution in [0, 0.1) is 5.41 Å². The van der Waals surface area contributed by atoms with Gasteiger partial charge in [-0.15, -0.1) is 0 Å². The Morgan fingerprint density at radius 2 is 2.00 bits per heavy atom. The molecule has 1 saturated carbocycles. The minimum atomic E-state index is -0.0390. The van der Waals surface area contributed by atoms with E-state index in [4.69, 9.17) is 4.74 Å². The molecule has 0 saturated heterocycles. The van der Waals surface area contributed by atoms with Gasteiger partial charge in [-0.1, -0.05) is 13.8 Å². The summed E-state index contributed by atoms with van der Waals surface area (Å²) < 4.78 is 5.31. The summed E-state index contributed by atoms with van der Waals surface area (Å²) in [6.45, 7) is 5.67. The van der Waals surface area contributed by atoms with Gasteiger partial charge in [0.25, 0.3) is 0 Å². The first kappa shape index (κ1) is 13.2. The molecule has 0 heterocycles. The van der Waals surface area contributed by atoms with E-state index >= 15 is 0 Å². The van der Waals surface area contributed by atoms with E-state index in [1.807, 2.05) is 0 Å². The highest BCUT2D eigenvalue weighted by atomic mass is 16.5. The van der Waals surface area contributed by atoms with E-state index in [0.717, 1.165) is 6.42 Å². The summed E-state index contributed by atoms with van der Waals surface area (Å²) in [5.41, 5.74) is -0.0133. The van der Waals surface area contributed by atoms with E-state index in [9.17, 15) is 9.59 Å². The van der Waals surface area contributed by atoms with E-state index in [1.54, 1.807) is 7.11 Å². The van der Waals surface area contributed by atoms with Gasteiger partial charge in [-0.05, 0) is 13.3 Å². The van der Waals surface area contributed by atoms with Crippen molar-refractivity contribution in [2.24, 2.45) is 5.41 Å². The number of ether oxygens (including phenoxy) is 1. The lowest BCUT2D eigenvalue weighted by Gasteiger charge is -2.51. The zero-order valence-electron chi connectivity index (χ0n) is 10.5. The van der Waals surface area contributed by atoms with Crippen molar-refractivity contribution < 1.29 is 14.3 Å². The predicted molar refractivity (Wildman–Crippen MR) is 61.0 cm³/mol. The predicted octanol–water partition coefficient (Wildman–Crippen LogP) is 1.29. The largest absolute Gasteiger partial charge is 0.381 e. The van der Waals surface area contributed by atoms with Gasteiger partial charge in [-0.2, -0.15) is 0 Å². The van der Waals surface area contributed by atoms with Crippen molar-refractivity contribution in [1.82, 2.24) is 5.32 Å². The van der Waals surface area contributed by atoms with Crippen LogP contribution < -0.4 is 5.32 Å². The smallest absolute Gasteiger partial charge is 0.220 e. The molecule has 1 fully saturated rings. The Morgan fingerprint density at radius 3 is 2.44 bits per heavy atom. The number of nitrogens with one attached hydrogen (secondary N) is 1. The summed E-state index contributed by atoms with van der Waals surface area (Å²) in [6, 6.07) is 0.164. The maximum Gasteiger partial charge on any atom is 0.220 e. The van der Waals surface area contributed by atoms with Crippen LogP contribution in [-0.2, 0) is 14.3 Å². The monoisotopic (exact) mass is 227 g/mol. The Labute approximate surface area is 96.7 Å². The number of hydrogen-bond acceptors (Lipinski definition) is 3. The second-order valence-corrected chi connectivity index (χ2v) is 5.10. The first-order chi connectivity index (χ1) is 7.37. The van der Waals surface area contributed by atoms with Crippen molar-refractivity contribution in [3.8, 4) is 0 Å². The van der Waals surface area contributed by atoms with Crippen LogP contribution in [0.1, 0.15) is 40.0 Å². The molecule has 0 aromatic heterocycles. The molecular formula is C12H21NO3. The van der Waals surface area contributed by atoms with E-state index < -0.39 is 0 Å². The summed E-state index contributed by atoms with van der Waals surface area (Å²) in [7, 11) is 1.69. The molecule has 1 rings (SSSR count). The Balaban J connectivity index is 2.34. The maximum absolute atomic E-state index is 11.5. The molecule has 4 heteroatoms. The van der Waals surface area contributed by atoms with Gasteiger partial charge >= 0.3 is 0 Å². The molecule has 92 valence electrons. The van der Waals surface area contributed by atoms with Gasteiger partial charge in [0, 0.05) is 31.4 Å². The molecule has 1 aliphatic carbocycles. The molecule has 4 nitrogen and oxygen atoms in total. The number of carbonyl (C=O) groups is 2. The molecular weight excluding hydrogens is 206 g/mol. The lowest BCUT2D eigenvalue weighted by molar-refractivity contribution is -0.134. The standard InChI is InChI=1S/C12H21NO3/c1-8(14)5-6-11(15)13-9-7-10(16-4)12(9,2)3/h9-10H,5-7H2,1-4H3,(H,13,15). The van der Waals surface area contributed by atoms with Crippen LogP contribution in [0.5, 0.6) is 0 Å². The van der Waals surface area contributed by atoms with Gasteiger partial charge in [0.05, 0.1) is 6.10 Å². The molecule has 0 aliphatic heterocycles. The van der Waals surface area contributed by atoms with Crippen molar-refractivity contribution in [2.45, 2.75) is 52.2 Å². The lowest BCUT2D eigenvalue weighted by Crippen LogP contribution is -2.61. The van der Waals surface area contributed by atoms with Crippen LogP contribution in [-0.4, -0.2) is 30.9 Å². The van der Waals surface area contributed by atoms with Crippen LogP contribution >= 0.6 is 0 Å². The highest BCUT2D eigenvalue weighted by Gasteiger charge is 2.49. The fraction of sp³-hybridized carbons (Fsp3) is 0.833. The van der Waals surface area contributed by atoms with Gasteiger partial charge in [0.1, 0.15) is 5.78 Å². The van der Waals surface area contributed by atoms with Crippen LogP contribution in [0.25, 0.3) is 0 Å². The van der Waals surface area contributed by atoms with Crippen molar-refractivity contribution in [3.05, 3.63) is 0 Å². The zero-order valence-corrected chi connectivity index (χ0v) is 10.5. The van der Waals surface area contributed by atoms with Gasteiger partial charge in [-0.3, -0.25) is 4.79 Å². The van der Waals surface area contributed by atoms with Crippen molar-refractivity contribution >= 4 is 11.7 Å². The molecule has 16 heavy (non-hydrogen) atoms. The Kier molecular flexibility index (Phi) is 4.08. The fourth-order valence-corrected chi connectivity index (χ4v) is 2.09. The summed E-state index contributed by atoms with van der Waals surface area (Å²) in [5, 5.41) is 2.96. The molecule has 1 amide bonds. The summed E-state index contributed by atoms with van der Waals surface area (Å²) in [5.74, 6) is 0.0145. The lowest BCUT2D eigenvalue weighted by atomic mass is 9.64. The number of rotatable bonds is 5. The molecule has 0 aromatic rings. The first-order valence-corrected chi connectivity index (χ1v) is 5.69. The molecule has 0 spiro atoms. The molecule has 1 aliphatic rings. The molecule has 0 bridgehead atoms. The third-order valence-corrected chi connectivity index (χ3v) is 3.50. The number of ketones is 1. The fourth-order valence-electron chi connectivity index (χ4n) is 2.09. The Morgan fingerprint density at radius 1 is 1.38 bits per heavy atom. The Bertz CT molecular complexity index is 286. The molecule has 2 atom stereocenters. The molecule has 1 N–H and O–H groups in total. The molecule has 2 unspecified atom stereocenters. The third kappa shape index (κ3) is 2.82. The van der Waals surface area contributed by atoms with E-state index in [-0.39, 0.29) is 29.3 Å². The molecule has 0 radical (unpaired) electrons. The minimum absolute atomic E-state index is 0.0133. The quantitative estimate of drug-likeness (QED) is 0.770. The summed E-state index contributed by atoms with van der Waals surface area (Å²) in [6.07, 6.45) is 1.69. The summed E-state index contributed by atoms with van der Waals surface area (Å²) >= 11 is 0. The average Bonchev–Trinajstić information content (AvgIpc) is 2.20. The van der Waals surface area contributed by atoms with E-state index in [2.05, 4.69) is 19.2 Å².